The van der Waals surface area contributed by atoms with Gasteiger partial charge in [0.15, 0.2) is 0 Å². The molecule has 0 heterocycles. The van der Waals surface area contributed by atoms with Crippen molar-refractivity contribution in [1.82, 2.24) is 9.80 Å². The first-order valence-corrected chi connectivity index (χ1v) is 6.88. The molecule has 1 aromatic carbocycles. The lowest BCUT2D eigenvalue weighted by Crippen LogP contribution is -2.38. The van der Waals surface area contributed by atoms with Crippen LogP contribution in [0.4, 0.5) is 11.4 Å². The van der Waals surface area contributed by atoms with Gasteiger partial charge in [-0.1, -0.05) is 6.07 Å². The monoisotopic (exact) mass is 294 g/mol. The van der Waals surface area contributed by atoms with Crippen LogP contribution in [0.25, 0.3) is 0 Å². The normalized spacial score (nSPS) is 10.7. The summed E-state index contributed by atoms with van der Waals surface area (Å²) in [4.78, 5) is 25.9. The highest BCUT2D eigenvalue weighted by Gasteiger charge is 2.15. The third-order valence-electron chi connectivity index (χ3n) is 3.27. The van der Waals surface area contributed by atoms with E-state index in [1.165, 1.54) is 12.1 Å². The van der Waals surface area contributed by atoms with Gasteiger partial charge in [-0.15, -0.1) is 0 Å². The summed E-state index contributed by atoms with van der Waals surface area (Å²) < 4.78 is 0. The highest BCUT2D eigenvalue weighted by Crippen LogP contribution is 2.22. The molecule has 116 valence electrons. The van der Waals surface area contributed by atoms with E-state index < -0.39 is 4.92 Å². The first kappa shape index (κ1) is 16.9. The predicted octanol–water partition coefficient (Wildman–Crippen LogP) is 1.48. The molecule has 0 saturated heterocycles. The number of nitro groups is 1. The largest absolute Gasteiger partial charge is 0.393 e. The Hall–Kier alpha value is -2.15. The van der Waals surface area contributed by atoms with E-state index in [1.807, 2.05) is 25.8 Å². The van der Waals surface area contributed by atoms with Gasteiger partial charge in [0.1, 0.15) is 5.69 Å². The van der Waals surface area contributed by atoms with Crippen molar-refractivity contribution in [2.75, 3.05) is 32.4 Å². The number of nitrogens with zero attached hydrogens (tertiary/aromatic N) is 3. The molecule has 0 aliphatic heterocycles. The standard InChI is InChI=1S/C14H22N4O3/c1-4-17(5-2)14(19)10-16(3)9-11-6-7-12(15)13(8-11)18(20)21/h6-8H,4-5,9-10,15H2,1-3H3. The van der Waals surface area contributed by atoms with Gasteiger partial charge in [0.25, 0.3) is 5.69 Å². The predicted molar refractivity (Wildman–Crippen MR) is 81.8 cm³/mol. The smallest absolute Gasteiger partial charge is 0.292 e. The van der Waals surface area contributed by atoms with Crippen molar-refractivity contribution in [2.24, 2.45) is 0 Å². The summed E-state index contributed by atoms with van der Waals surface area (Å²) in [7, 11) is 1.81. The minimum atomic E-state index is -0.500. The van der Waals surface area contributed by atoms with Gasteiger partial charge in [-0.25, -0.2) is 0 Å². The van der Waals surface area contributed by atoms with Crippen LogP contribution >= 0.6 is 0 Å². The van der Waals surface area contributed by atoms with Crippen LogP contribution in [0.1, 0.15) is 19.4 Å². The molecule has 0 saturated carbocycles. The van der Waals surface area contributed by atoms with Crippen LogP contribution < -0.4 is 5.73 Å². The third-order valence-corrected chi connectivity index (χ3v) is 3.27. The molecule has 0 bridgehead atoms. The summed E-state index contributed by atoms with van der Waals surface area (Å²) in [6, 6.07) is 4.71. The maximum atomic E-state index is 12.0. The van der Waals surface area contributed by atoms with Gasteiger partial charge in [-0.05, 0) is 32.5 Å². The number of nitrogen functional groups attached to an aromatic ring is 1. The van der Waals surface area contributed by atoms with E-state index in [1.54, 1.807) is 11.0 Å². The Kier molecular flexibility index (Phi) is 6.10. The van der Waals surface area contributed by atoms with Crippen molar-refractivity contribution < 1.29 is 9.72 Å². The molecular weight excluding hydrogens is 272 g/mol. The molecule has 0 fully saturated rings. The lowest BCUT2D eigenvalue weighted by molar-refractivity contribution is -0.384. The van der Waals surface area contributed by atoms with Crippen LogP contribution in [0.15, 0.2) is 18.2 Å². The Morgan fingerprint density at radius 1 is 1.33 bits per heavy atom. The highest BCUT2D eigenvalue weighted by molar-refractivity contribution is 5.78. The lowest BCUT2D eigenvalue weighted by atomic mass is 10.1. The first-order valence-electron chi connectivity index (χ1n) is 6.88. The molecule has 0 atom stereocenters. The quantitative estimate of drug-likeness (QED) is 0.467. The number of hydrogen-bond donors (Lipinski definition) is 1. The number of amides is 1. The maximum Gasteiger partial charge on any atom is 0.292 e. The molecular formula is C14H22N4O3. The summed E-state index contributed by atoms with van der Waals surface area (Å²) >= 11 is 0. The molecule has 7 nitrogen and oxygen atoms in total. The first-order chi connectivity index (χ1) is 9.88. The Morgan fingerprint density at radius 2 is 1.95 bits per heavy atom. The van der Waals surface area contributed by atoms with E-state index in [2.05, 4.69) is 0 Å². The number of likely N-dealkylation sites (N-methyl/N-ethyl adjacent to an activating group) is 2. The summed E-state index contributed by atoms with van der Waals surface area (Å²) in [6.45, 7) is 5.95. The van der Waals surface area contributed by atoms with Crippen LogP contribution in [0.5, 0.6) is 0 Å². The zero-order valence-electron chi connectivity index (χ0n) is 12.7. The average molecular weight is 294 g/mol. The van der Waals surface area contributed by atoms with Crippen LogP contribution in [0.3, 0.4) is 0 Å². The van der Waals surface area contributed by atoms with Crippen LogP contribution in [-0.4, -0.2) is 47.3 Å². The number of carbonyl (C=O) groups excluding carboxylic acids is 1. The number of carbonyl (C=O) groups is 1. The molecule has 1 amide bonds. The van der Waals surface area contributed by atoms with E-state index in [4.69, 9.17) is 5.73 Å². The zero-order valence-corrected chi connectivity index (χ0v) is 12.7. The molecule has 1 aromatic rings. The second kappa shape index (κ2) is 7.58. The highest BCUT2D eigenvalue weighted by atomic mass is 16.6. The van der Waals surface area contributed by atoms with Crippen molar-refractivity contribution in [3.05, 3.63) is 33.9 Å². The number of rotatable bonds is 7. The van der Waals surface area contributed by atoms with Crippen LogP contribution in [-0.2, 0) is 11.3 Å². The van der Waals surface area contributed by atoms with E-state index in [0.29, 0.717) is 19.6 Å². The molecule has 1 rings (SSSR count). The fraction of sp³-hybridized carbons (Fsp3) is 0.500. The van der Waals surface area contributed by atoms with Gasteiger partial charge >= 0.3 is 0 Å². The number of benzene rings is 1. The zero-order chi connectivity index (χ0) is 16.0. The molecule has 0 aromatic heterocycles. The van der Waals surface area contributed by atoms with Gasteiger partial charge in [-0.2, -0.15) is 0 Å². The van der Waals surface area contributed by atoms with Gasteiger partial charge in [0.2, 0.25) is 5.91 Å². The lowest BCUT2D eigenvalue weighted by Gasteiger charge is -2.23. The molecule has 0 radical (unpaired) electrons. The Balaban J connectivity index is 2.71. The number of hydrogen-bond acceptors (Lipinski definition) is 5. The van der Waals surface area contributed by atoms with Crippen molar-refractivity contribution >= 4 is 17.3 Å². The van der Waals surface area contributed by atoms with E-state index in [-0.39, 0.29) is 23.8 Å². The van der Waals surface area contributed by atoms with Crippen molar-refractivity contribution in [2.45, 2.75) is 20.4 Å². The fourth-order valence-corrected chi connectivity index (χ4v) is 2.12. The Morgan fingerprint density at radius 3 is 2.48 bits per heavy atom. The fourth-order valence-electron chi connectivity index (χ4n) is 2.12. The van der Waals surface area contributed by atoms with Gasteiger partial charge in [0.05, 0.1) is 11.5 Å². The molecule has 0 unspecified atom stereocenters. The van der Waals surface area contributed by atoms with Crippen molar-refractivity contribution in [3.8, 4) is 0 Å². The summed E-state index contributed by atoms with van der Waals surface area (Å²) in [5.74, 6) is 0.0486. The van der Waals surface area contributed by atoms with E-state index >= 15 is 0 Å². The van der Waals surface area contributed by atoms with Gasteiger partial charge in [0, 0.05) is 25.7 Å². The third kappa shape index (κ3) is 4.71. The van der Waals surface area contributed by atoms with E-state index in [9.17, 15) is 14.9 Å². The second-order valence-electron chi connectivity index (χ2n) is 4.89. The minimum absolute atomic E-state index is 0.0486. The number of nitro benzene ring substituents is 1. The Bertz CT molecular complexity index is 515. The van der Waals surface area contributed by atoms with Crippen LogP contribution in [0.2, 0.25) is 0 Å². The summed E-state index contributed by atoms with van der Waals surface area (Å²) in [5.41, 5.74) is 6.36. The summed E-state index contributed by atoms with van der Waals surface area (Å²) in [5, 5.41) is 10.9. The summed E-state index contributed by atoms with van der Waals surface area (Å²) in [6.07, 6.45) is 0. The molecule has 21 heavy (non-hydrogen) atoms. The number of nitrogens with two attached hydrogens (primary N) is 1. The van der Waals surface area contributed by atoms with Crippen molar-refractivity contribution in [1.29, 1.82) is 0 Å². The molecule has 0 aliphatic carbocycles. The van der Waals surface area contributed by atoms with E-state index in [0.717, 1.165) is 5.56 Å². The molecule has 7 heteroatoms. The average Bonchev–Trinajstić information content (AvgIpc) is 2.41. The maximum absolute atomic E-state index is 12.0. The minimum Gasteiger partial charge on any atom is -0.393 e. The van der Waals surface area contributed by atoms with Crippen LogP contribution in [0, 0.1) is 10.1 Å². The van der Waals surface area contributed by atoms with Gasteiger partial charge in [-0.3, -0.25) is 19.8 Å². The molecule has 2 N–H and O–H groups in total. The number of anilines is 1. The SMILES string of the molecule is CCN(CC)C(=O)CN(C)Cc1ccc(N)c([N+](=O)[O-])c1. The molecule has 0 aliphatic rings. The van der Waals surface area contributed by atoms with Crippen molar-refractivity contribution in [3.63, 3.8) is 0 Å². The molecule has 0 spiro atoms. The Labute approximate surface area is 124 Å². The topological polar surface area (TPSA) is 92.7 Å². The van der Waals surface area contributed by atoms with Gasteiger partial charge < -0.3 is 10.6 Å². The second-order valence-corrected chi connectivity index (χ2v) is 4.89.